The van der Waals surface area contributed by atoms with E-state index in [0.717, 1.165) is 29.8 Å². The molecule has 0 radical (unpaired) electrons. The van der Waals surface area contributed by atoms with Crippen molar-refractivity contribution in [1.82, 2.24) is 4.98 Å². The monoisotopic (exact) mass is 174 g/mol. The van der Waals surface area contributed by atoms with Crippen molar-refractivity contribution in [2.75, 3.05) is 6.61 Å². The van der Waals surface area contributed by atoms with E-state index in [2.05, 4.69) is 11.1 Å². The van der Waals surface area contributed by atoms with Gasteiger partial charge in [-0.05, 0) is 17.2 Å². The summed E-state index contributed by atoms with van der Waals surface area (Å²) in [5.74, 6) is 0. The summed E-state index contributed by atoms with van der Waals surface area (Å²) in [7, 11) is 0. The number of hydrogen-bond acceptors (Lipinski definition) is 3. The van der Waals surface area contributed by atoms with E-state index in [1.54, 1.807) is 6.20 Å². The summed E-state index contributed by atoms with van der Waals surface area (Å²) in [5, 5.41) is 8.51. The summed E-state index contributed by atoms with van der Waals surface area (Å²) in [6.07, 6.45) is 3.11. The first-order valence-electron chi connectivity index (χ1n) is 4.31. The molecule has 1 aromatic rings. The lowest BCUT2D eigenvalue weighted by atomic mass is 10.1. The van der Waals surface area contributed by atoms with Gasteiger partial charge in [0.15, 0.2) is 0 Å². The van der Waals surface area contributed by atoms with Gasteiger partial charge in [0.25, 0.3) is 0 Å². The summed E-state index contributed by atoms with van der Waals surface area (Å²) in [6, 6.07) is 4.13. The van der Waals surface area contributed by atoms with Gasteiger partial charge in [-0.3, -0.25) is 4.98 Å². The van der Waals surface area contributed by atoms with Gasteiger partial charge in [0.1, 0.15) is 0 Å². The van der Waals surface area contributed by atoms with E-state index in [1.165, 1.54) is 0 Å². The molecule has 1 aliphatic heterocycles. The fraction of sp³-hybridized carbons (Fsp3) is 0.400. The molecule has 0 aliphatic carbocycles. The van der Waals surface area contributed by atoms with Gasteiger partial charge in [0.2, 0.25) is 0 Å². The maximum absolute atomic E-state index is 8.51. The number of nitriles is 1. The van der Waals surface area contributed by atoms with E-state index in [9.17, 15) is 0 Å². The molecule has 0 amide bonds. The molecule has 0 fully saturated rings. The number of pyridine rings is 1. The first kappa shape index (κ1) is 8.21. The van der Waals surface area contributed by atoms with Crippen molar-refractivity contribution in [3.05, 3.63) is 29.1 Å². The van der Waals surface area contributed by atoms with E-state index in [-0.39, 0.29) is 0 Å². The van der Waals surface area contributed by atoms with Gasteiger partial charge in [-0.25, -0.2) is 0 Å². The van der Waals surface area contributed by atoms with Gasteiger partial charge in [0.05, 0.1) is 25.7 Å². The lowest BCUT2D eigenvalue weighted by Crippen LogP contribution is -2.11. The quantitative estimate of drug-likeness (QED) is 0.643. The van der Waals surface area contributed by atoms with Crippen LogP contribution in [0.25, 0.3) is 0 Å². The van der Waals surface area contributed by atoms with Crippen LogP contribution in [-0.4, -0.2) is 11.6 Å². The largest absolute Gasteiger partial charge is 0.376 e. The Morgan fingerprint density at radius 1 is 1.62 bits per heavy atom. The zero-order valence-corrected chi connectivity index (χ0v) is 7.29. The third kappa shape index (κ3) is 1.68. The Labute approximate surface area is 77.0 Å². The third-order valence-corrected chi connectivity index (χ3v) is 2.14. The van der Waals surface area contributed by atoms with Crippen LogP contribution in [0.1, 0.15) is 16.8 Å². The fourth-order valence-corrected chi connectivity index (χ4v) is 1.48. The van der Waals surface area contributed by atoms with E-state index >= 15 is 0 Å². The molecule has 2 rings (SSSR count). The van der Waals surface area contributed by atoms with Gasteiger partial charge < -0.3 is 4.74 Å². The van der Waals surface area contributed by atoms with E-state index < -0.39 is 0 Å². The first-order chi connectivity index (χ1) is 6.40. The number of rotatable bonds is 1. The third-order valence-electron chi connectivity index (χ3n) is 2.14. The number of aromatic nitrogens is 1. The zero-order chi connectivity index (χ0) is 9.10. The normalized spacial score (nSPS) is 14.7. The average molecular weight is 174 g/mol. The minimum Gasteiger partial charge on any atom is -0.376 e. The van der Waals surface area contributed by atoms with Crippen LogP contribution < -0.4 is 0 Å². The van der Waals surface area contributed by atoms with Gasteiger partial charge in [-0.2, -0.15) is 5.26 Å². The second-order valence-corrected chi connectivity index (χ2v) is 3.09. The summed E-state index contributed by atoms with van der Waals surface area (Å²) in [4.78, 5) is 4.31. The van der Waals surface area contributed by atoms with Crippen LogP contribution in [-0.2, 0) is 24.2 Å². The topological polar surface area (TPSA) is 45.9 Å². The van der Waals surface area contributed by atoms with Gasteiger partial charge in [-0.1, -0.05) is 0 Å². The molecule has 66 valence electrons. The molecule has 13 heavy (non-hydrogen) atoms. The molecular weight excluding hydrogens is 164 g/mol. The molecule has 2 heterocycles. The molecule has 0 unspecified atom stereocenters. The zero-order valence-electron chi connectivity index (χ0n) is 7.29. The maximum atomic E-state index is 8.51. The Balaban J connectivity index is 2.31. The molecule has 0 saturated heterocycles. The molecule has 0 aromatic carbocycles. The van der Waals surface area contributed by atoms with Crippen LogP contribution in [0.2, 0.25) is 0 Å². The number of nitrogens with zero attached hydrogens (tertiary/aromatic N) is 2. The summed E-state index contributed by atoms with van der Waals surface area (Å²) in [6.45, 7) is 1.40. The van der Waals surface area contributed by atoms with Gasteiger partial charge in [0, 0.05) is 18.3 Å². The van der Waals surface area contributed by atoms with Crippen molar-refractivity contribution in [2.24, 2.45) is 0 Å². The smallest absolute Gasteiger partial charge is 0.0734 e. The fourth-order valence-electron chi connectivity index (χ4n) is 1.48. The Bertz CT molecular complexity index is 354. The Morgan fingerprint density at radius 2 is 2.54 bits per heavy atom. The van der Waals surface area contributed by atoms with Crippen molar-refractivity contribution in [2.45, 2.75) is 19.4 Å². The van der Waals surface area contributed by atoms with Crippen LogP contribution >= 0.6 is 0 Å². The molecule has 0 spiro atoms. The molecule has 3 nitrogen and oxygen atoms in total. The van der Waals surface area contributed by atoms with Crippen molar-refractivity contribution in [3.8, 4) is 6.07 Å². The predicted octanol–water partition coefficient (Wildman–Crippen LogP) is 1.22. The lowest BCUT2D eigenvalue weighted by Gasteiger charge is -2.15. The molecule has 1 aliphatic rings. The van der Waals surface area contributed by atoms with Crippen molar-refractivity contribution >= 4 is 0 Å². The number of ether oxygens (including phenoxy) is 1. The van der Waals surface area contributed by atoms with E-state index in [4.69, 9.17) is 10.00 Å². The first-order valence-corrected chi connectivity index (χ1v) is 4.31. The summed E-state index contributed by atoms with van der Waals surface area (Å²) < 4.78 is 5.31. The minimum absolute atomic E-state index is 0.431. The minimum atomic E-state index is 0.431. The van der Waals surface area contributed by atoms with Gasteiger partial charge >= 0.3 is 0 Å². The van der Waals surface area contributed by atoms with Crippen LogP contribution in [0, 0.1) is 11.3 Å². The standard InChI is InChI=1S/C10H10N2O/c11-3-1-8-5-9-7-13-4-2-10(9)12-6-8/h5-6H,1-2,4,7H2. The highest BCUT2D eigenvalue weighted by Gasteiger charge is 2.10. The van der Waals surface area contributed by atoms with Crippen molar-refractivity contribution < 1.29 is 4.74 Å². The summed E-state index contributed by atoms with van der Waals surface area (Å²) >= 11 is 0. The van der Waals surface area contributed by atoms with E-state index in [0.29, 0.717) is 13.0 Å². The van der Waals surface area contributed by atoms with Crippen LogP contribution in [0.4, 0.5) is 0 Å². The molecule has 3 heteroatoms. The molecule has 0 atom stereocenters. The maximum Gasteiger partial charge on any atom is 0.0734 e. The van der Waals surface area contributed by atoms with Crippen LogP contribution in [0.5, 0.6) is 0 Å². The lowest BCUT2D eigenvalue weighted by molar-refractivity contribution is 0.109. The predicted molar refractivity (Wildman–Crippen MR) is 46.9 cm³/mol. The van der Waals surface area contributed by atoms with Crippen molar-refractivity contribution in [1.29, 1.82) is 5.26 Å². The second kappa shape index (κ2) is 3.55. The molecule has 0 saturated carbocycles. The Hall–Kier alpha value is -1.40. The average Bonchev–Trinajstić information content (AvgIpc) is 2.18. The Kier molecular flexibility index (Phi) is 2.24. The van der Waals surface area contributed by atoms with Crippen LogP contribution in [0.3, 0.4) is 0 Å². The molecule has 0 bridgehead atoms. The van der Waals surface area contributed by atoms with E-state index in [1.807, 2.05) is 6.07 Å². The highest BCUT2D eigenvalue weighted by molar-refractivity contribution is 5.27. The Morgan fingerprint density at radius 3 is 3.38 bits per heavy atom. The van der Waals surface area contributed by atoms with Gasteiger partial charge in [-0.15, -0.1) is 0 Å². The molecule has 1 aromatic heterocycles. The van der Waals surface area contributed by atoms with Crippen molar-refractivity contribution in [3.63, 3.8) is 0 Å². The summed E-state index contributed by atoms with van der Waals surface area (Å²) in [5.41, 5.74) is 3.23. The number of hydrogen-bond donors (Lipinski definition) is 0. The highest BCUT2D eigenvalue weighted by atomic mass is 16.5. The van der Waals surface area contributed by atoms with Crippen LogP contribution in [0.15, 0.2) is 12.3 Å². The molecular formula is C10H10N2O. The molecule has 0 N–H and O–H groups in total. The number of fused-ring (bicyclic) bond motifs is 1. The highest BCUT2D eigenvalue weighted by Crippen LogP contribution is 2.15. The SMILES string of the molecule is N#CCc1cnc2c(c1)COCC2. The second-order valence-electron chi connectivity index (χ2n) is 3.09.